The molecular weight excluding hydrogens is 294 g/mol. The highest BCUT2D eigenvalue weighted by Crippen LogP contribution is 2.08. The minimum absolute atomic E-state index is 0.0320. The minimum Gasteiger partial charge on any atom is -0.382 e. The molecule has 0 radical (unpaired) electrons. The number of nitrogen functional groups attached to an aromatic ring is 1. The Labute approximate surface area is 121 Å². The van der Waals surface area contributed by atoms with Gasteiger partial charge in [0.15, 0.2) is 0 Å². The van der Waals surface area contributed by atoms with Crippen molar-refractivity contribution in [3.05, 3.63) is 42.1 Å². The maximum atomic E-state index is 11.7. The number of hydrogen-bond donors (Lipinski definition) is 3. The summed E-state index contributed by atoms with van der Waals surface area (Å²) < 4.78 is 23.6. The molecule has 0 aliphatic rings. The number of aromatic nitrogens is 2. The van der Waals surface area contributed by atoms with Crippen LogP contribution in [-0.4, -0.2) is 24.1 Å². The Morgan fingerprint density at radius 2 is 1.90 bits per heavy atom. The van der Waals surface area contributed by atoms with Crippen LogP contribution in [0.2, 0.25) is 0 Å². The largest absolute Gasteiger partial charge is 0.382 e. The van der Waals surface area contributed by atoms with Gasteiger partial charge in [-0.1, -0.05) is 12.1 Å². The molecule has 2 rings (SSSR count). The van der Waals surface area contributed by atoms with E-state index < -0.39 is 10.0 Å². The maximum Gasteiger partial charge on any atom is 0.241 e. The summed E-state index contributed by atoms with van der Waals surface area (Å²) in [4.78, 5) is 11.7. The molecule has 112 valence electrons. The third-order valence-electron chi connectivity index (χ3n) is 2.71. The number of benzene rings is 1. The molecule has 0 aliphatic carbocycles. The number of rotatable bonds is 5. The lowest BCUT2D eigenvalue weighted by atomic mass is 10.2. The number of hydrogen-bond acceptors (Lipinski definition) is 5. The highest BCUT2D eigenvalue weighted by molar-refractivity contribution is 7.89. The van der Waals surface area contributed by atoms with Crippen molar-refractivity contribution in [2.75, 3.05) is 5.73 Å². The topological polar surface area (TPSA) is 133 Å². The lowest BCUT2D eigenvalue weighted by Gasteiger charge is -2.06. The third kappa shape index (κ3) is 4.29. The Balaban J connectivity index is 1.89. The molecule has 1 amide bonds. The first-order chi connectivity index (χ1) is 9.84. The van der Waals surface area contributed by atoms with Crippen LogP contribution in [0.4, 0.5) is 5.82 Å². The number of anilines is 1. The van der Waals surface area contributed by atoms with Crippen LogP contribution in [0.3, 0.4) is 0 Å². The van der Waals surface area contributed by atoms with Crippen LogP contribution in [0.1, 0.15) is 5.56 Å². The molecule has 0 saturated carbocycles. The Morgan fingerprint density at radius 1 is 1.24 bits per heavy atom. The van der Waals surface area contributed by atoms with Crippen molar-refractivity contribution in [3.8, 4) is 0 Å². The smallest absolute Gasteiger partial charge is 0.241 e. The maximum absolute atomic E-state index is 11.7. The summed E-state index contributed by atoms with van der Waals surface area (Å²) >= 11 is 0. The van der Waals surface area contributed by atoms with E-state index >= 15 is 0 Å². The molecule has 0 unspecified atom stereocenters. The zero-order valence-electron chi connectivity index (χ0n) is 11.1. The van der Waals surface area contributed by atoms with E-state index in [4.69, 9.17) is 10.9 Å². The monoisotopic (exact) mass is 309 g/mol. The number of carbonyl (C=O) groups excluding carboxylic acids is 1. The van der Waals surface area contributed by atoms with Crippen molar-refractivity contribution in [1.29, 1.82) is 0 Å². The highest BCUT2D eigenvalue weighted by Gasteiger charge is 2.07. The fourth-order valence-corrected chi connectivity index (χ4v) is 2.18. The van der Waals surface area contributed by atoms with Gasteiger partial charge in [0.2, 0.25) is 15.9 Å². The second-order valence-electron chi connectivity index (χ2n) is 4.40. The van der Waals surface area contributed by atoms with Crippen molar-refractivity contribution >= 4 is 21.7 Å². The summed E-state index contributed by atoms with van der Waals surface area (Å²) in [6.45, 7) is 0.340. The van der Waals surface area contributed by atoms with Gasteiger partial charge in [-0.2, -0.15) is 5.10 Å². The van der Waals surface area contributed by atoms with E-state index in [1.54, 1.807) is 24.4 Å². The normalized spacial score (nSPS) is 11.3. The van der Waals surface area contributed by atoms with Gasteiger partial charge in [-0.25, -0.2) is 13.6 Å². The number of nitrogens with two attached hydrogens (primary N) is 2. The van der Waals surface area contributed by atoms with Crippen molar-refractivity contribution in [1.82, 2.24) is 15.1 Å². The van der Waals surface area contributed by atoms with Gasteiger partial charge in [0.25, 0.3) is 0 Å². The van der Waals surface area contributed by atoms with Crippen LogP contribution in [0.25, 0.3) is 0 Å². The number of primary sulfonamides is 1. The lowest BCUT2D eigenvalue weighted by molar-refractivity contribution is -0.122. The van der Waals surface area contributed by atoms with E-state index in [1.807, 2.05) is 0 Å². The van der Waals surface area contributed by atoms with Gasteiger partial charge in [0, 0.05) is 12.7 Å². The first kappa shape index (κ1) is 15.0. The van der Waals surface area contributed by atoms with Gasteiger partial charge < -0.3 is 11.1 Å². The van der Waals surface area contributed by atoms with E-state index in [0.29, 0.717) is 5.82 Å². The lowest BCUT2D eigenvalue weighted by Crippen LogP contribution is -2.27. The quantitative estimate of drug-likeness (QED) is 0.680. The number of amides is 1. The van der Waals surface area contributed by atoms with Crippen molar-refractivity contribution < 1.29 is 13.2 Å². The minimum atomic E-state index is -3.70. The molecule has 2 aromatic rings. The van der Waals surface area contributed by atoms with E-state index in [1.165, 1.54) is 16.8 Å². The summed E-state index contributed by atoms with van der Waals surface area (Å²) in [5.74, 6) is 0.120. The molecule has 0 aliphatic heterocycles. The van der Waals surface area contributed by atoms with Gasteiger partial charge in [0.05, 0.1) is 4.90 Å². The van der Waals surface area contributed by atoms with Crippen LogP contribution < -0.4 is 16.2 Å². The van der Waals surface area contributed by atoms with Crippen molar-refractivity contribution in [2.24, 2.45) is 5.14 Å². The second kappa shape index (κ2) is 5.94. The van der Waals surface area contributed by atoms with Gasteiger partial charge >= 0.3 is 0 Å². The molecule has 8 nitrogen and oxygen atoms in total. The van der Waals surface area contributed by atoms with Gasteiger partial charge in [-0.15, -0.1) is 0 Å². The predicted molar refractivity (Wildman–Crippen MR) is 76.3 cm³/mol. The van der Waals surface area contributed by atoms with E-state index in [2.05, 4.69) is 10.4 Å². The molecule has 0 atom stereocenters. The fourth-order valence-electron chi connectivity index (χ4n) is 1.67. The average Bonchev–Trinajstić information content (AvgIpc) is 2.81. The molecule has 21 heavy (non-hydrogen) atoms. The molecule has 1 aromatic heterocycles. The Kier molecular flexibility index (Phi) is 4.24. The molecule has 0 bridgehead atoms. The van der Waals surface area contributed by atoms with E-state index in [-0.39, 0.29) is 23.9 Å². The highest BCUT2D eigenvalue weighted by atomic mass is 32.2. The molecule has 9 heteroatoms. The van der Waals surface area contributed by atoms with Crippen molar-refractivity contribution in [2.45, 2.75) is 18.0 Å². The predicted octanol–water partition coefficient (Wildman–Crippen LogP) is -0.571. The van der Waals surface area contributed by atoms with Crippen LogP contribution >= 0.6 is 0 Å². The van der Waals surface area contributed by atoms with Crippen LogP contribution in [0.15, 0.2) is 41.4 Å². The summed E-state index contributed by atoms with van der Waals surface area (Å²) in [5.41, 5.74) is 6.21. The Hall–Kier alpha value is -2.39. The second-order valence-corrected chi connectivity index (χ2v) is 5.97. The zero-order valence-corrected chi connectivity index (χ0v) is 11.9. The average molecular weight is 309 g/mol. The molecular formula is C12H15N5O3S. The molecule has 0 saturated heterocycles. The standard InChI is InChI=1S/C12H15N5O3S/c13-11-5-6-17(16-11)8-12(18)15-7-9-1-3-10(4-2-9)21(14,19)20/h1-6H,7-8H2,(H2,13,16)(H,15,18)(H2,14,19,20). The van der Waals surface area contributed by atoms with Crippen LogP contribution in [0, 0.1) is 0 Å². The molecule has 0 fully saturated rings. The number of nitrogens with one attached hydrogen (secondary N) is 1. The van der Waals surface area contributed by atoms with E-state index in [0.717, 1.165) is 5.56 Å². The molecule has 1 aromatic carbocycles. The fraction of sp³-hybridized carbons (Fsp3) is 0.167. The first-order valence-electron chi connectivity index (χ1n) is 6.02. The summed E-state index contributed by atoms with van der Waals surface area (Å²) in [6.07, 6.45) is 1.61. The summed E-state index contributed by atoms with van der Waals surface area (Å²) in [5, 5.41) is 11.6. The van der Waals surface area contributed by atoms with Gasteiger partial charge in [-0.3, -0.25) is 9.48 Å². The third-order valence-corrected chi connectivity index (χ3v) is 3.64. The Bertz CT molecular complexity index is 737. The van der Waals surface area contributed by atoms with Crippen LogP contribution in [-0.2, 0) is 27.9 Å². The Morgan fingerprint density at radius 3 is 2.43 bits per heavy atom. The summed E-state index contributed by atoms with van der Waals surface area (Å²) in [6, 6.07) is 7.56. The van der Waals surface area contributed by atoms with E-state index in [9.17, 15) is 13.2 Å². The number of nitrogens with zero attached hydrogens (tertiary/aromatic N) is 2. The van der Waals surface area contributed by atoms with Crippen molar-refractivity contribution in [3.63, 3.8) is 0 Å². The van der Waals surface area contributed by atoms with Crippen LogP contribution in [0.5, 0.6) is 0 Å². The number of sulfonamides is 1. The molecule has 0 spiro atoms. The van der Waals surface area contributed by atoms with Gasteiger partial charge in [-0.05, 0) is 23.8 Å². The van der Waals surface area contributed by atoms with Gasteiger partial charge in [0.1, 0.15) is 12.4 Å². The number of carbonyl (C=O) groups is 1. The SMILES string of the molecule is Nc1ccn(CC(=O)NCc2ccc(S(N)(=O)=O)cc2)n1. The summed E-state index contributed by atoms with van der Waals surface area (Å²) in [7, 11) is -3.70. The zero-order chi connectivity index (χ0) is 15.5. The first-order valence-corrected chi connectivity index (χ1v) is 7.56. The molecule has 1 heterocycles. The molecule has 5 N–H and O–H groups in total.